The van der Waals surface area contributed by atoms with Crippen molar-refractivity contribution in [3.63, 3.8) is 0 Å². The van der Waals surface area contributed by atoms with E-state index in [1.807, 2.05) is 0 Å². The van der Waals surface area contributed by atoms with Crippen LogP contribution in [0, 0.1) is 6.92 Å². The number of benzene rings is 1. The van der Waals surface area contributed by atoms with Crippen molar-refractivity contribution in [3.05, 3.63) is 29.3 Å². The molecule has 1 amide bonds. The van der Waals surface area contributed by atoms with Crippen LogP contribution in [0.15, 0.2) is 18.2 Å². The largest absolute Gasteiger partial charge is 0.508 e. The van der Waals surface area contributed by atoms with Crippen LogP contribution in [0.4, 0.5) is 0 Å². The van der Waals surface area contributed by atoms with Gasteiger partial charge in [0, 0.05) is 17.9 Å². The molecule has 1 aromatic carbocycles. The van der Waals surface area contributed by atoms with E-state index in [0.717, 1.165) is 0 Å². The van der Waals surface area contributed by atoms with Crippen LogP contribution in [0.25, 0.3) is 0 Å². The zero-order valence-electron chi connectivity index (χ0n) is 10.7. The molecule has 0 atom stereocenters. The van der Waals surface area contributed by atoms with Crippen LogP contribution in [0.1, 0.15) is 15.9 Å². The maximum Gasteiger partial charge on any atom is 0.246 e. The first-order chi connectivity index (χ1) is 9.04. The third-order valence-corrected chi connectivity index (χ3v) is 2.64. The number of carbonyl (C=O) groups excluding carboxylic acids is 2. The highest BCUT2D eigenvalue weighted by Gasteiger charge is 2.09. The zero-order chi connectivity index (χ0) is 14.3. The van der Waals surface area contributed by atoms with Crippen LogP contribution in [-0.2, 0) is 9.53 Å². The van der Waals surface area contributed by atoms with Gasteiger partial charge in [0.15, 0.2) is 5.78 Å². The van der Waals surface area contributed by atoms with Gasteiger partial charge in [0.1, 0.15) is 19.0 Å². The van der Waals surface area contributed by atoms with Crippen LogP contribution in [0.2, 0.25) is 0 Å². The summed E-state index contributed by atoms with van der Waals surface area (Å²) in [5.41, 5.74) is 1.07. The molecular weight excluding hydrogens is 266 g/mol. The van der Waals surface area contributed by atoms with Crippen molar-refractivity contribution in [2.75, 3.05) is 25.5 Å². The van der Waals surface area contributed by atoms with Gasteiger partial charge in [-0.25, -0.2) is 0 Å². The molecule has 19 heavy (non-hydrogen) atoms. The predicted octanol–water partition coefficient (Wildman–Crippen LogP) is 0.946. The highest BCUT2D eigenvalue weighted by molar-refractivity contribution is 7.80. The SMILES string of the molecule is Cc1cc(C(=O)COCC(=O)NCCS)ccc1O. The summed E-state index contributed by atoms with van der Waals surface area (Å²) in [6.07, 6.45) is 0. The maximum atomic E-state index is 11.8. The average molecular weight is 283 g/mol. The summed E-state index contributed by atoms with van der Waals surface area (Å²) in [6, 6.07) is 4.57. The lowest BCUT2D eigenvalue weighted by atomic mass is 10.1. The molecule has 0 saturated heterocycles. The van der Waals surface area contributed by atoms with Gasteiger partial charge in [-0.05, 0) is 30.7 Å². The van der Waals surface area contributed by atoms with Crippen molar-refractivity contribution in [1.29, 1.82) is 0 Å². The summed E-state index contributed by atoms with van der Waals surface area (Å²) in [5, 5.41) is 11.9. The Kier molecular flexibility index (Phi) is 6.38. The molecular formula is C13H17NO4S. The molecule has 2 N–H and O–H groups in total. The standard InChI is InChI=1S/C13H17NO4S/c1-9-6-10(2-3-11(9)15)12(16)7-18-8-13(17)14-4-5-19/h2-3,6,15,19H,4-5,7-8H2,1H3,(H,14,17). The Bertz CT molecular complexity index is 462. The molecule has 1 rings (SSSR count). The second-order valence-corrected chi connectivity index (χ2v) is 4.44. The molecule has 0 aliphatic heterocycles. The van der Waals surface area contributed by atoms with E-state index < -0.39 is 0 Å². The molecule has 0 aromatic heterocycles. The minimum Gasteiger partial charge on any atom is -0.508 e. The number of aromatic hydroxyl groups is 1. The fourth-order valence-corrected chi connectivity index (χ4v) is 1.51. The van der Waals surface area contributed by atoms with E-state index in [1.54, 1.807) is 13.0 Å². The van der Waals surface area contributed by atoms with Crippen molar-refractivity contribution in [1.82, 2.24) is 5.32 Å². The molecule has 0 aliphatic carbocycles. The summed E-state index contributed by atoms with van der Waals surface area (Å²) in [4.78, 5) is 23.0. The molecule has 0 aliphatic rings. The quantitative estimate of drug-likeness (QED) is 0.514. The second-order valence-electron chi connectivity index (χ2n) is 3.99. The van der Waals surface area contributed by atoms with Gasteiger partial charge in [-0.2, -0.15) is 12.6 Å². The summed E-state index contributed by atoms with van der Waals surface area (Å²) >= 11 is 3.95. The molecule has 0 bridgehead atoms. The topological polar surface area (TPSA) is 75.6 Å². The number of thiol groups is 1. The number of amides is 1. The van der Waals surface area contributed by atoms with Gasteiger partial charge in [-0.3, -0.25) is 9.59 Å². The molecule has 0 heterocycles. The predicted molar refractivity (Wildman–Crippen MR) is 74.9 cm³/mol. The Labute approximate surface area is 117 Å². The molecule has 0 unspecified atom stereocenters. The molecule has 6 heteroatoms. The first-order valence-electron chi connectivity index (χ1n) is 5.82. The number of rotatable bonds is 7. The van der Waals surface area contributed by atoms with Gasteiger partial charge < -0.3 is 15.2 Å². The highest BCUT2D eigenvalue weighted by atomic mass is 32.1. The van der Waals surface area contributed by atoms with Gasteiger partial charge >= 0.3 is 0 Å². The number of aryl methyl sites for hydroxylation is 1. The molecule has 104 valence electrons. The Hall–Kier alpha value is -1.53. The first kappa shape index (κ1) is 15.5. The fraction of sp³-hybridized carbons (Fsp3) is 0.385. The van der Waals surface area contributed by atoms with Crippen LogP contribution in [-0.4, -0.2) is 42.3 Å². The van der Waals surface area contributed by atoms with E-state index in [2.05, 4.69) is 17.9 Å². The van der Waals surface area contributed by atoms with Crippen LogP contribution < -0.4 is 5.32 Å². The molecule has 5 nitrogen and oxygen atoms in total. The maximum absolute atomic E-state index is 11.8. The minimum atomic E-state index is -0.274. The van der Waals surface area contributed by atoms with Crippen molar-refractivity contribution in [2.45, 2.75) is 6.92 Å². The van der Waals surface area contributed by atoms with Crippen molar-refractivity contribution in [3.8, 4) is 5.75 Å². The normalized spacial score (nSPS) is 10.2. The van der Waals surface area contributed by atoms with E-state index in [-0.39, 0.29) is 30.7 Å². The number of hydrogen-bond donors (Lipinski definition) is 3. The summed E-state index contributed by atoms with van der Waals surface area (Å²) in [5.74, 6) is 0.190. The Balaban J connectivity index is 2.39. The zero-order valence-corrected chi connectivity index (χ0v) is 11.6. The third-order valence-electron chi connectivity index (χ3n) is 2.42. The molecule has 1 aromatic rings. The van der Waals surface area contributed by atoms with E-state index in [9.17, 15) is 14.7 Å². The van der Waals surface area contributed by atoms with E-state index in [0.29, 0.717) is 23.4 Å². The van der Waals surface area contributed by atoms with Gasteiger partial charge in [0.2, 0.25) is 5.91 Å². The smallest absolute Gasteiger partial charge is 0.246 e. The van der Waals surface area contributed by atoms with Gasteiger partial charge in [-0.15, -0.1) is 0 Å². The molecule has 0 radical (unpaired) electrons. The molecule has 0 spiro atoms. The lowest BCUT2D eigenvalue weighted by Crippen LogP contribution is -2.30. The van der Waals surface area contributed by atoms with E-state index in [1.165, 1.54) is 12.1 Å². The van der Waals surface area contributed by atoms with E-state index >= 15 is 0 Å². The Morgan fingerprint density at radius 3 is 2.74 bits per heavy atom. The van der Waals surface area contributed by atoms with Crippen molar-refractivity contribution in [2.24, 2.45) is 0 Å². The van der Waals surface area contributed by atoms with Gasteiger partial charge in [-0.1, -0.05) is 0 Å². The van der Waals surface area contributed by atoms with Crippen LogP contribution in [0.5, 0.6) is 5.75 Å². The lowest BCUT2D eigenvalue weighted by molar-refractivity contribution is -0.125. The average Bonchev–Trinajstić information content (AvgIpc) is 2.39. The molecule has 0 saturated carbocycles. The number of phenols is 1. The monoisotopic (exact) mass is 283 g/mol. The number of Topliss-reactive ketones (excluding diaryl/α,β-unsaturated/α-hetero) is 1. The van der Waals surface area contributed by atoms with E-state index in [4.69, 9.17) is 4.74 Å². The third kappa shape index (κ3) is 5.32. The minimum absolute atomic E-state index is 0.142. The summed E-state index contributed by atoms with van der Waals surface area (Å²) < 4.78 is 5.03. The number of phenolic OH excluding ortho intramolecular Hbond substituents is 1. The summed E-state index contributed by atoms with van der Waals surface area (Å²) in [6.45, 7) is 1.85. The number of nitrogens with one attached hydrogen (secondary N) is 1. The number of hydrogen-bond acceptors (Lipinski definition) is 5. The summed E-state index contributed by atoms with van der Waals surface area (Å²) in [7, 11) is 0. The number of carbonyl (C=O) groups is 2. The van der Waals surface area contributed by atoms with Gasteiger partial charge in [0.05, 0.1) is 0 Å². The first-order valence-corrected chi connectivity index (χ1v) is 6.46. The number of ether oxygens (including phenoxy) is 1. The molecule has 0 fully saturated rings. The van der Waals surface area contributed by atoms with Crippen molar-refractivity contribution >= 4 is 24.3 Å². The van der Waals surface area contributed by atoms with Crippen LogP contribution >= 0.6 is 12.6 Å². The van der Waals surface area contributed by atoms with Gasteiger partial charge in [0.25, 0.3) is 0 Å². The highest BCUT2D eigenvalue weighted by Crippen LogP contribution is 2.17. The van der Waals surface area contributed by atoms with Crippen LogP contribution in [0.3, 0.4) is 0 Å². The number of ketones is 1. The van der Waals surface area contributed by atoms with Crippen molar-refractivity contribution < 1.29 is 19.4 Å². The Morgan fingerprint density at radius 2 is 2.11 bits per heavy atom. The Morgan fingerprint density at radius 1 is 1.37 bits per heavy atom. The second kappa shape index (κ2) is 7.81. The fourth-order valence-electron chi connectivity index (χ4n) is 1.40. The lowest BCUT2D eigenvalue weighted by Gasteiger charge is -2.06.